The second-order valence-electron chi connectivity index (χ2n) is 8.03. The van der Waals surface area contributed by atoms with Crippen LogP contribution in [-0.4, -0.2) is 19.4 Å². The number of pyridine rings is 1. The van der Waals surface area contributed by atoms with E-state index in [1.54, 1.807) is 0 Å². The molecule has 2 aromatic rings. The lowest BCUT2D eigenvalue weighted by molar-refractivity contribution is 0.164. The highest BCUT2D eigenvalue weighted by Gasteiger charge is 2.39. The Bertz CT molecular complexity index is 687. The fraction of sp³-hybridized carbons (Fsp3) is 0.526. The summed E-state index contributed by atoms with van der Waals surface area (Å²) in [5.41, 5.74) is 3.77. The lowest BCUT2D eigenvalue weighted by atomic mass is 9.93. The molecular formula is C19H27NOSi. The van der Waals surface area contributed by atoms with Crippen LogP contribution in [-0.2, 0) is 17.3 Å². The maximum atomic E-state index is 6.62. The standard InChI is InChI=1S/C19H27NOSi/c1-19(2,3)22(4,5)21-16-10-11-18-15(13-16)12-14-8-6-7-9-17(14)20-18/h6-9,12,16H,10-11,13H2,1-5H3/t16-/m0/s1. The number of aryl methyl sites for hydroxylation is 1. The molecule has 1 atom stereocenters. The first-order valence-corrected chi connectivity index (χ1v) is 11.2. The van der Waals surface area contributed by atoms with E-state index in [-0.39, 0.29) is 5.04 Å². The number of nitrogens with zero attached hydrogens (tertiary/aromatic N) is 1. The van der Waals surface area contributed by atoms with E-state index in [0.717, 1.165) is 24.8 Å². The van der Waals surface area contributed by atoms with Gasteiger partial charge in [-0.1, -0.05) is 39.0 Å². The van der Waals surface area contributed by atoms with Crippen LogP contribution in [0, 0.1) is 0 Å². The summed E-state index contributed by atoms with van der Waals surface area (Å²) >= 11 is 0. The van der Waals surface area contributed by atoms with Crippen LogP contribution in [0.4, 0.5) is 0 Å². The molecule has 2 nitrogen and oxygen atoms in total. The summed E-state index contributed by atoms with van der Waals surface area (Å²) in [5.74, 6) is 0. The molecule has 3 heteroatoms. The molecule has 3 rings (SSSR count). The Morgan fingerprint density at radius 2 is 1.91 bits per heavy atom. The molecule has 1 aromatic heterocycles. The van der Waals surface area contributed by atoms with Gasteiger partial charge in [-0.05, 0) is 55.1 Å². The Labute approximate surface area is 135 Å². The Morgan fingerprint density at radius 3 is 2.64 bits per heavy atom. The minimum atomic E-state index is -1.69. The average Bonchev–Trinajstić information content (AvgIpc) is 2.43. The third-order valence-corrected chi connectivity index (χ3v) is 9.85. The number of aromatic nitrogens is 1. The number of hydrogen-bond donors (Lipinski definition) is 0. The Kier molecular flexibility index (Phi) is 3.90. The molecule has 0 aliphatic heterocycles. The minimum Gasteiger partial charge on any atom is -0.414 e. The van der Waals surface area contributed by atoms with E-state index in [2.05, 4.69) is 64.2 Å². The fourth-order valence-electron chi connectivity index (χ4n) is 2.93. The first kappa shape index (κ1) is 15.7. The van der Waals surface area contributed by atoms with E-state index in [1.807, 2.05) is 0 Å². The maximum absolute atomic E-state index is 6.62. The number of fused-ring (bicyclic) bond motifs is 2. The first-order valence-electron chi connectivity index (χ1n) is 8.32. The van der Waals surface area contributed by atoms with Crippen molar-refractivity contribution in [3.8, 4) is 0 Å². The van der Waals surface area contributed by atoms with Crippen molar-refractivity contribution in [1.82, 2.24) is 4.98 Å². The van der Waals surface area contributed by atoms with Crippen molar-refractivity contribution in [1.29, 1.82) is 0 Å². The molecule has 1 aliphatic carbocycles. The number of rotatable bonds is 2. The van der Waals surface area contributed by atoms with Crippen LogP contribution < -0.4 is 0 Å². The quantitative estimate of drug-likeness (QED) is 0.718. The summed E-state index contributed by atoms with van der Waals surface area (Å²) in [6.07, 6.45) is 3.51. The summed E-state index contributed by atoms with van der Waals surface area (Å²) in [5, 5.41) is 1.52. The lowest BCUT2D eigenvalue weighted by Gasteiger charge is -2.40. The van der Waals surface area contributed by atoms with E-state index in [0.29, 0.717) is 6.10 Å². The summed E-state index contributed by atoms with van der Waals surface area (Å²) < 4.78 is 6.62. The van der Waals surface area contributed by atoms with Crippen molar-refractivity contribution >= 4 is 19.2 Å². The van der Waals surface area contributed by atoms with Gasteiger partial charge in [0.1, 0.15) is 0 Å². The molecule has 0 radical (unpaired) electrons. The molecule has 0 N–H and O–H groups in total. The van der Waals surface area contributed by atoms with Crippen LogP contribution in [0.1, 0.15) is 38.4 Å². The van der Waals surface area contributed by atoms with Gasteiger partial charge in [-0.15, -0.1) is 0 Å². The Hall–Kier alpha value is -1.19. The van der Waals surface area contributed by atoms with Gasteiger partial charge in [0.05, 0.1) is 5.52 Å². The van der Waals surface area contributed by atoms with Gasteiger partial charge in [0.2, 0.25) is 0 Å². The zero-order valence-corrected chi connectivity index (χ0v) is 15.4. The zero-order chi connectivity index (χ0) is 16.0. The molecule has 1 aliphatic rings. The SMILES string of the molecule is CC(C)(C)[Si](C)(C)O[C@H]1CCc2nc3ccccc3cc2C1. The van der Waals surface area contributed by atoms with E-state index in [4.69, 9.17) is 9.41 Å². The summed E-state index contributed by atoms with van der Waals surface area (Å²) in [4.78, 5) is 4.85. The minimum absolute atomic E-state index is 0.273. The van der Waals surface area contributed by atoms with Gasteiger partial charge in [-0.25, -0.2) is 0 Å². The van der Waals surface area contributed by atoms with Gasteiger partial charge in [-0.3, -0.25) is 4.98 Å². The zero-order valence-electron chi connectivity index (χ0n) is 14.4. The predicted molar refractivity (Wildman–Crippen MR) is 95.8 cm³/mol. The largest absolute Gasteiger partial charge is 0.414 e. The Balaban J connectivity index is 1.83. The van der Waals surface area contributed by atoms with Crippen molar-refractivity contribution in [3.05, 3.63) is 41.6 Å². The van der Waals surface area contributed by atoms with Crippen LogP contribution in [0.2, 0.25) is 18.1 Å². The van der Waals surface area contributed by atoms with Crippen LogP contribution in [0.5, 0.6) is 0 Å². The molecule has 1 aromatic carbocycles. The monoisotopic (exact) mass is 313 g/mol. The molecule has 0 fully saturated rings. The van der Waals surface area contributed by atoms with E-state index >= 15 is 0 Å². The van der Waals surface area contributed by atoms with Crippen molar-refractivity contribution in [3.63, 3.8) is 0 Å². The van der Waals surface area contributed by atoms with Gasteiger partial charge in [0.15, 0.2) is 8.32 Å². The van der Waals surface area contributed by atoms with Crippen LogP contribution in [0.25, 0.3) is 10.9 Å². The van der Waals surface area contributed by atoms with Gasteiger partial charge < -0.3 is 4.43 Å². The summed E-state index contributed by atoms with van der Waals surface area (Å²) in [6, 6.07) is 10.7. The third-order valence-electron chi connectivity index (χ3n) is 5.31. The predicted octanol–water partition coefficient (Wildman–Crippen LogP) is 5.11. The third kappa shape index (κ3) is 2.97. The van der Waals surface area contributed by atoms with E-state index < -0.39 is 8.32 Å². The number of benzene rings is 1. The first-order chi connectivity index (χ1) is 10.3. The summed E-state index contributed by atoms with van der Waals surface area (Å²) in [7, 11) is -1.69. The molecule has 0 saturated carbocycles. The van der Waals surface area contributed by atoms with Gasteiger partial charge in [0.25, 0.3) is 0 Å². The molecule has 118 valence electrons. The normalized spacial score (nSPS) is 19.2. The molecule has 0 unspecified atom stereocenters. The van der Waals surface area contributed by atoms with Gasteiger partial charge >= 0.3 is 0 Å². The molecule has 0 saturated heterocycles. The topological polar surface area (TPSA) is 22.1 Å². The van der Waals surface area contributed by atoms with E-state index in [9.17, 15) is 0 Å². The van der Waals surface area contributed by atoms with Crippen LogP contribution >= 0.6 is 0 Å². The highest BCUT2D eigenvalue weighted by molar-refractivity contribution is 6.74. The Morgan fingerprint density at radius 1 is 1.18 bits per heavy atom. The molecular weight excluding hydrogens is 286 g/mol. The average molecular weight is 314 g/mol. The number of hydrogen-bond acceptors (Lipinski definition) is 2. The van der Waals surface area contributed by atoms with Gasteiger partial charge in [0, 0.05) is 17.2 Å². The van der Waals surface area contributed by atoms with Crippen LogP contribution in [0.15, 0.2) is 30.3 Å². The second-order valence-corrected chi connectivity index (χ2v) is 12.8. The maximum Gasteiger partial charge on any atom is 0.192 e. The fourth-order valence-corrected chi connectivity index (χ4v) is 4.32. The van der Waals surface area contributed by atoms with Crippen molar-refractivity contribution < 1.29 is 4.43 Å². The van der Waals surface area contributed by atoms with Crippen LogP contribution in [0.3, 0.4) is 0 Å². The van der Waals surface area contributed by atoms with E-state index in [1.165, 1.54) is 16.6 Å². The molecule has 1 heterocycles. The smallest absolute Gasteiger partial charge is 0.192 e. The number of para-hydroxylation sites is 1. The lowest BCUT2D eigenvalue weighted by Crippen LogP contribution is -2.45. The molecule has 22 heavy (non-hydrogen) atoms. The highest BCUT2D eigenvalue weighted by atomic mass is 28.4. The molecule has 0 spiro atoms. The molecule has 0 bridgehead atoms. The molecule has 0 amide bonds. The van der Waals surface area contributed by atoms with Crippen molar-refractivity contribution in [2.75, 3.05) is 0 Å². The van der Waals surface area contributed by atoms with Crippen molar-refractivity contribution in [2.45, 2.75) is 64.3 Å². The second kappa shape index (κ2) is 5.46. The highest BCUT2D eigenvalue weighted by Crippen LogP contribution is 2.39. The van der Waals surface area contributed by atoms with Gasteiger partial charge in [-0.2, -0.15) is 0 Å². The van der Waals surface area contributed by atoms with Crippen molar-refractivity contribution in [2.24, 2.45) is 0 Å². The summed E-state index contributed by atoms with van der Waals surface area (Å²) in [6.45, 7) is 11.6.